The van der Waals surface area contributed by atoms with Crippen LogP contribution in [0.25, 0.3) is 0 Å². The Bertz CT molecular complexity index is 445. The van der Waals surface area contributed by atoms with Crippen LogP contribution in [0.5, 0.6) is 0 Å². The fraction of sp³-hybridized carbons (Fsp3) is 0.533. The van der Waals surface area contributed by atoms with Crippen LogP contribution in [0.4, 0.5) is 0 Å². The third-order valence-corrected chi connectivity index (χ3v) is 3.70. The predicted octanol–water partition coefficient (Wildman–Crippen LogP) is 2.14. The second-order valence-electron chi connectivity index (χ2n) is 5.30. The van der Waals surface area contributed by atoms with Crippen LogP contribution in [0.15, 0.2) is 24.3 Å². The van der Waals surface area contributed by atoms with Gasteiger partial charge in [0.25, 0.3) is 0 Å². The van der Waals surface area contributed by atoms with Gasteiger partial charge in [0.15, 0.2) is 0 Å². The van der Waals surface area contributed by atoms with E-state index in [9.17, 15) is 4.79 Å². The summed E-state index contributed by atoms with van der Waals surface area (Å²) in [4.78, 5) is 12.1. The fourth-order valence-electron chi connectivity index (χ4n) is 2.59. The van der Waals surface area contributed by atoms with Crippen molar-refractivity contribution < 1.29 is 9.53 Å². The zero-order valence-electron chi connectivity index (χ0n) is 11.9. The van der Waals surface area contributed by atoms with Gasteiger partial charge >= 0.3 is 0 Å². The van der Waals surface area contributed by atoms with Crippen LogP contribution in [0.2, 0.25) is 0 Å². The molecule has 0 spiro atoms. The Labute approximate surface area is 126 Å². The van der Waals surface area contributed by atoms with Crippen LogP contribution in [-0.4, -0.2) is 18.6 Å². The first-order valence-electron chi connectivity index (χ1n) is 6.78. The Morgan fingerprint density at radius 2 is 2.00 bits per heavy atom. The van der Waals surface area contributed by atoms with Crippen molar-refractivity contribution in [2.24, 2.45) is 5.73 Å². The average molecular weight is 299 g/mol. The minimum absolute atomic E-state index is 0. The maximum atomic E-state index is 12.1. The van der Waals surface area contributed by atoms with Gasteiger partial charge in [0.05, 0.1) is 12.1 Å². The van der Waals surface area contributed by atoms with Gasteiger partial charge in [0.1, 0.15) is 0 Å². The molecule has 0 bridgehead atoms. The molecule has 0 atom stereocenters. The highest BCUT2D eigenvalue weighted by Crippen LogP contribution is 2.27. The van der Waals surface area contributed by atoms with E-state index in [1.54, 1.807) is 7.11 Å². The van der Waals surface area contributed by atoms with Gasteiger partial charge in [-0.25, -0.2) is 0 Å². The van der Waals surface area contributed by atoms with Gasteiger partial charge in [-0.15, -0.1) is 12.4 Å². The molecule has 0 aliphatic heterocycles. The highest BCUT2D eigenvalue weighted by Gasteiger charge is 2.36. The van der Waals surface area contributed by atoms with Crippen LogP contribution < -0.4 is 11.1 Å². The lowest BCUT2D eigenvalue weighted by molar-refractivity contribution is -0.126. The summed E-state index contributed by atoms with van der Waals surface area (Å²) in [5.74, 6) is -0.0258. The molecule has 0 aromatic heterocycles. The maximum absolute atomic E-state index is 12.1. The van der Waals surface area contributed by atoms with Gasteiger partial charge in [0, 0.05) is 13.7 Å². The first-order valence-corrected chi connectivity index (χ1v) is 6.78. The van der Waals surface area contributed by atoms with Crippen LogP contribution >= 0.6 is 12.4 Å². The first kappa shape index (κ1) is 17.0. The minimum Gasteiger partial charge on any atom is -0.380 e. The number of nitrogens with two attached hydrogens (primary N) is 1. The molecule has 0 radical (unpaired) electrons. The van der Waals surface area contributed by atoms with Crippen molar-refractivity contribution in [2.75, 3.05) is 7.11 Å². The molecule has 0 saturated heterocycles. The molecule has 4 nitrogen and oxygen atoms in total. The number of rotatable bonds is 5. The van der Waals surface area contributed by atoms with E-state index in [1.807, 2.05) is 24.3 Å². The van der Waals surface area contributed by atoms with Crippen molar-refractivity contribution in [1.29, 1.82) is 0 Å². The van der Waals surface area contributed by atoms with E-state index in [-0.39, 0.29) is 18.3 Å². The van der Waals surface area contributed by atoms with Gasteiger partial charge in [0.2, 0.25) is 5.91 Å². The van der Waals surface area contributed by atoms with E-state index < -0.39 is 5.54 Å². The molecule has 5 heteroatoms. The van der Waals surface area contributed by atoms with E-state index in [0.29, 0.717) is 13.2 Å². The van der Waals surface area contributed by atoms with Gasteiger partial charge < -0.3 is 15.8 Å². The molecule has 2 rings (SSSR count). The normalized spacial score (nSPS) is 16.5. The van der Waals surface area contributed by atoms with E-state index in [0.717, 1.165) is 36.8 Å². The Kier molecular flexibility index (Phi) is 6.46. The Hall–Kier alpha value is -1.10. The van der Waals surface area contributed by atoms with Crippen LogP contribution in [-0.2, 0) is 22.7 Å². The van der Waals surface area contributed by atoms with E-state index in [4.69, 9.17) is 10.5 Å². The summed E-state index contributed by atoms with van der Waals surface area (Å²) in [6, 6.07) is 8.03. The van der Waals surface area contributed by atoms with E-state index in [1.165, 1.54) is 0 Å². The van der Waals surface area contributed by atoms with Crippen molar-refractivity contribution in [2.45, 2.75) is 44.4 Å². The van der Waals surface area contributed by atoms with Crippen LogP contribution in [0, 0.1) is 0 Å². The number of amides is 1. The highest BCUT2D eigenvalue weighted by molar-refractivity contribution is 5.86. The number of hydrogen-bond acceptors (Lipinski definition) is 3. The monoisotopic (exact) mass is 298 g/mol. The number of methoxy groups -OCH3 is 1. The fourth-order valence-corrected chi connectivity index (χ4v) is 2.59. The predicted molar refractivity (Wildman–Crippen MR) is 81.6 cm³/mol. The first-order chi connectivity index (χ1) is 9.14. The van der Waals surface area contributed by atoms with Crippen molar-refractivity contribution in [3.05, 3.63) is 35.4 Å². The number of ether oxygens (including phenoxy) is 1. The van der Waals surface area contributed by atoms with E-state index >= 15 is 0 Å². The van der Waals surface area contributed by atoms with Gasteiger partial charge in [-0.05, 0) is 24.0 Å². The number of halogens is 1. The standard InChI is InChI=1S/C15H22N2O2.ClH/c1-19-11-13-6-4-5-12(9-13)10-17-14(18)15(16)7-2-3-8-15;/h4-6,9H,2-3,7-8,10-11,16H2,1H3,(H,17,18);1H. The third-order valence-electron chi connectivity index (χ3n) is 3.70. The Morgan fingerprint density at radius 3 is 2.65 bits per heavy atom. The summed E-state index contributed by atoms with van der Waals surface area (Å²) >= 11 is 0. The zero-order valence-corrected chi connectivity index (χ0v) is 12.7. The summed E-state index contributed by atoms with van der Waals surface area (Å²) in [6.07, 6.45) is 3.69. The molecule has 20 heavy (non-hydrogen) atoms. The van der Waals surface area contributed by atoms with Crippen molar-refractivity contribution in [3.63, 3.8) is 0 Å². The minimum atomic E-state index is -0.649. The number of carbonyl (C=O) groups excluding carboxylic acids is 1. The largest absolute Gasteiger partial charge is 0.380 e. The number of hydrogen-bond donors (Lipinski definition) is 2. The van der Waals surface area contributed by atoms with E-state index in [2.05, 4.69) is 5.32 Å². The molecule has 1 saturated carbocycles. The van der Waals surface area contributed by atoms with Gasteiger partial charge in [-0.1, -0.05) is 37.1 Å². The lowest BCUT2D eigenvalue weighted by Crippen LogP contribution is -2.51. The van der Waals surface area contributed by atoms with Crippen molar-refractivity contribution in [3.8, 4) is 0 Å². The lowest BCUT2D eigenvalue weighted by Gasteiger charge is -2.22. The second kappa shape index (κ2) is 7.62. The number of nitrogens with one attached hydrogen (secondary N) is 1. The molecular weight excluding hydrogens is 276 g/mol. The van der Waals surface area contributed by atoms with Gasteiger partial charge in [-0.3, -0.25) is 4.79 Å². The summed E-state index contributed by atoms with van der Waals surface area (Å²) in [5.41, 5.74) is 7.65. The molecule has 0 unspecified atom stereocenters. The van der Waals surface area contributed by atoms with Gasteiger partial charge in [-0.2, -0.15) is 0 Å². The summed E-state index contributed by atoms with van der Waals surface area (Å²) < 4.78 is 5.10. The summed E-state index contributed by atoms with van der Waals surface area (Å²) in [6.45, 7) is 1.11. The lowest BCUT2D eigenvalue weighted by atomic mass is 9.98. The second-order valence-corrected chi connectivity index (χ2v) is 5.30. The molecule has 1 amide bonds. The van der Waals surface area contributed by atoms with Crippen LogP contribution in [0.3, 0.4) is 0 Å². The Morgan fingerprint density at radius 1 is 1.35 bits per heavy atom. The number of benzene rings is 1. The molecule has 1 aliphatic carbocycles. The average Bonchev–Trinajstić information content (AvgIpc) is 2.85. The molecule has 3 N–H and O–H groups in total. The molecule has 1 aromatic rings. The third kappa shape index (κ3) is 4.20. The molecular formula is C15H23ClN2O2. The maximum Gasteiger partial charge on any atom is 0.240 e. The topological polar surface area (TPSA) is 64.3 Å². The quantitative estimate of drug-likeness (QED) is 0.875. The smallest absolute Gasteiger partial charge is 0.240 e. The summed E-state index contributed by atoms with van der Waals surface area (Å²) in [5, 5.41) is 2.95. The Balaban J connectivity index is 0.00000200. The van der Waals surface area contributed by atoms with Crippen LogP contribution in [0.1, 0.15) is 36.8 Å². The zero-order chi connectivity index (χ0) is 13.7. The molecule has 1 aromatic carbocycles. The van der Waals surface area contributed by atoms with Crippen molar-refractivity contribution >= 4 is 18.3 Å². The SMILES string of the molecule is COCc1cccc(CNC(=O)C2(N)CCCC2)c1.Cl. The summed E-state index contributed by atoms with van der Waals surface area (Å²) in [7, 11) is 1.67. The highest BCUT2D eigenvalue weighted by atomic mass is 35.5. The van der Waals surface area contributed by atoms with Crippen molar-refractivity contribution in [1.82, 2.24) is 5.32 Å². The molecule has 1 aliphatic rings. The number of carbonyl (C=O) groups is 1. The molecule has 112 valence electrons. The molecule has 0 heterocycles. The molecule has 1 fully saturated rings.